The molecule has 0 radical (unpaired) electrons. The van der Waals surface area contributed by atoms with Gasteiger partial charge in [-0.2, -0.15) is 0 Å². The number of piperidine rings is 1. The van der Waals surface area contributed by atoms with Crippen LogP contribution < -0.4 is 16.0 Å². The Kier molecular flexibility index (Phi) is 5.32. The van der Waals surface area contributed by atoms with Gasteiger partial charge in [-0.05, 0) is 30.7 Å². The Bertz CT molecular complexity index is 535. The van der Waals surface area contributed by atoms with Crippen LogP contribution in [0.5, 0.6) is 0 Å². The fourth-order valence-electron chi connectivity index (χ4n) is 2.00. The third kappa shape index (κ3) is 4.86. The Hall–Kier alpha value is -1.89. The molecular weight excluding hydrogens is 338 g/mol. The zero-order valence-electron chi connectivity index (χ0n) is 11.3. The lowest BCUT2D eigenvalue weighted by Gasteiger charge is -2.23. The minimum atomic E-state index is -0.297. The van der Waals surface area contributed by atoms with Crippen molar-refractivity contribution in [2.24, 2.45) is 0 Å². The average Bonchev–Trinajstić information content (AvgIpc) is 2.48. The van der Waals surface area contributed by atoms with E-state index in [1.807, 2.05) is 0 Å². The van der Waals surface area contributed by atoms with E-state index in [0.29, 0.717) is 24.9 Å². The summed E-state index contributed by atoms with van der Waals surface area (Å²) in [7, 11) is 0. The molecule has 2 rings (SSSR count). The Balaban J connectivity index is 1.74. The first-order chi connectivity index (χ1) is 10.0. The Morgan fingerprint density at radius 3 is 2.62 bits per heavy atom. The zero-order valence-corrected chi connectivity index (χ0v) is 12.9. The largest absolute Gasteiger partial charge is 0.354 e. The van der Waals surface area contributed by atoms with Gasteiger partial charge in [0.05, 0.1) is 6.54 Å². The van der Waals surface area contributed by atoms with Crippen LogP contribution in [0.15, 0.2) is 28.7 Å². The van der Waals surface area contributed by atoms with Gasteiger partial charge in [0.15, 0.2) is 0 Å². The van der Waals surface area contributed by atoms with Crippen LogP contribution in [0.25, 0.3) is 0 Å². The smallest absolute Gasteiger partial charge is 0.251 e. The van der Waals surface area contributed by atoms with Crippen molar-refractivity contribution >= 4 is 33.7 Å². The molecule has 3 amide bonds. The van der Waals surface area contributed by atoms with E-state index in [0.717, 1.165) is 4.47 Å². The van der Waals surface area contributed by atoms with Gasteiger partial charge in [0, 0.05) is 29.0 Å². The monoisotopic (exact) mass is 353 g/mol. The van der Waals surface area contributed by atoms with Gasteiger partial charge in [0.2, 0.25) is 11.8 Å². The standard InChI is InChI=1S/C14H16BrN3O3/c15-10-3-1-9(2-4-10)14(21)17-8-13(20)18-11-5-6-12(19)16-7-11/h1-4,11H,5-8H2,(H,16,19)(H,17,21)(H,18,20). The highest BCUT2D eigenvalue weighted by molar-refractivity contribution is 9.10. The van der Waals surface area contributed by atoms with Crippen molar-refractivity contribution in [2.45, 2.75) is 18.9 Å². The van der Waals surface area contributed by atoms with E-state index in [9.17, 15) is 14.4 Å². The number of hydrogen-bond acceptors (Lipinski definition) is 3. The van der Waals surface area contributed by atoms with Gasteiger partial charge in [0.1, 0.15) is 0 Å². The maximum absolute atomic E-state index is 11.8. The number of hydrogen-bond donors (Lipinski definition) is 3. The fraction of sp³-hybridized carbons (Fsp3) is 0.357. The molecular formula is C14H16BrN3O3. The summed E-state index contributed by atoms with van der Waals surface area (Å²) in [5.41, 5.74) is 0.496. The number of nitrogens with one attached hydrogen (secondary N) is 3. The molecule has 0 bridgehead atoms. The topological polar surface area (TPSA) is 87.3 Å². The van der Waals surface area contributed by atoms with Crippen LogP contribution in [0.4, 0.5) is 0 Å². The predicted molar refractivity (Wildman–Crippen MR) is 80.6 cm³/mol. The van der Waals surface area contributed by atoms with Crippen molar-refractivity contribution in [1.29, 1.82) is 0 Å². The molecule has 1 heterocycles. The maximum Gasteiger partial charge on any atom is 0.251 e. The highest BCUT2D eigenvalue weighted by atomic mass is 79.9. The summed E-state index contributed by atoms with van der Waals surface area (Å²) in [5, 5.41) is 8.03. The van der Waals surface area contributed by atoms with E-state index in [1.165, 1.54) is 0 Å². The van der Waals surface area contributed by atoms with Crippen LogP contribution in [0.3, 0.4) is 0 Å². The number of halogens is 1. The van der Waals surface area contributed by atoms with Crippen LogP contribution in [0.2, 0.25) is 0 Å². The van der Waals surface area contributed by atoms with Gasteiger partial charge in [0.25, 0.3) is 5.91 Å². The molecule has 1 unspecified atom stereocenters. The first-order valence-corrected chi connectivity index (χ1v) is 7.44. The Morgan fingerprint density at radius 1 is 1.29 bits per heavy atom. The molecule has 0 spiro atoms. The second kappa shape index (κ2) is 7.21. The Morgan fingerprint density at radius 2 is 2.00 bits per heavy atom. The van der Waals surface area contributed by atoms with Gasteiger partial charge < -0.3 is 16.0 Å². The molecule has 21 heavy (non-hydrogen) atoms. The predicted octanol–water partition coefficient (Wildman–Crippen LogP) is 0.574. The van der Waals surface area contributed by atoms with Crippen molar-refractivity contribution in [1.82, 2.24) is 16.0 Å². The number of carbonyl (C=O) groups excluding carboxylic acids is 3. The van der Waals surface area contributed by atoms with Gasteiger partial charge >= 0.3 is 0 Å². The summed E-state index contributed by atoms with van der Waals surface area (Å²) in [5.74, 6) is -0.555. The molecule has 1 aliphatic heterocycles. The number of amides is 3. The molecule has 1 saturated heterocycles. The highest BCUT2D eigenvalue weighted by Gasteiger charge is 2.19. The summed E-state index contributed by atoms with van der Waals surface area (Å²) in [4.78, 5) is 34.6. The quantitative estimate of drug-likeness (QED) is 0.739. The van der Waals surface area contributed by atoms with Crippen molar-refractivity contribution in [3.8, 4) is 0 Å². The molecule has 6 nitrogen and oxygen atoms in total. The third-order valence-corrected chi connectivity index (χ3v) is 3.68. The second-order valence-electron chi connectivity index (χ2n) is 4.80. The summed E-state index contributed by atoms with van der Waals surface area (Å²) >= 11 is 3.29. The van der Waals surface area contributed by atoms with Gasteiger partial charge in [-0.15, -0.1) is 0 Å². The third-order valence-electron chi connectivity index (χ3n) is 3.15. The molecule has 0 aromatic heterocycles. The van der Waals surface area contributed by atoms with Crippen molar-refractivity contribution in [3.05, 3.63) is 34.3 Å². The Labute approximate surface area is 130 Å². The molecule has 3 N–H and O–H groups in total. The summed E-state index contributed by atoms with van der Waals surface area (Å²) in [6.45, 7) is 0.352. The van der Waals surface area contributed by atoms with Gasteiger partial charge in [-0.1, -0.05) is 15.9 Å². The first kappa shape index (κ1) is 15.5. The molecule has 112 valence electrons. The van der Waals surface area contributed by atoms with Crippen LogP contribution in [-0.4, -0.2) is 36.9 Å². The lowest BCUT2D eigenvalue weighted by atomic mass is 10.1. The fourth-order valence-corrected chi connectivity index (χ4v) is 2.26. The second-order valence-corrected chi connectivity index (χ2v) is 5.71. The van der Waals surface area contributed by atoms with Crippen LogP contribution >= 0.6 is 15.9 Å². The van der Waals surface area contributed by atoms with Gasteiger partial charge in [-0.25, -0.2) is 0 Å². The number of carbonyl (C=O) groups is 3. The lowest BCUT2D eigenvalue weighted by Crippen LogP contribution is -2.50. The SMILES string of the molecule is O=C1CCC(NC(=O)CNC(=O)c2ccc(Br)cc2)CN1. The number of rotatable bonds is 4. The lowest BCUT2D eigenvalue weighted by molar-refractivity contribution is -0.125. The molecule has 1 fully saturated rings. The molecule has 7 heteroatoms. The van der Waals surface area contributed by atoms with E-state index in [-0.39, 0.29) is 30.3 Å². The maximum atomic E-state index is 11.8. The van der Waals surface area contributed by atoms with E-state index in [1.54, 1.807) is 24.3 Å². The van der Waals surface area contributed by atoms with E-state index in [4.69, 9.17) is 0 Å². The molecule has 1 aromatic carbocycles. The molecule has 1 atom stereocenters. The van der Waals surface area contributed by atoms with E-state index in [2.05, 4.69) is 31.9 Å². The zero-order chi connectivity index (χ0) is 15.2. The van der Waals surface area contributed by atoms with Crippen LogP contribution in [0.1, 0.15) is 23.2 Å². The number of benzene rings is 1. The minimum absolute atomic E-state index is 0.00374. The first-order valence-electron chi connectivity index (χ1n) is 6.64. The minimum Gasteiger partial charge on any atom is -0.354 e. The molecule has 0 saturated carbocycles. The van der Waals surface area contributed by atoms with Crippen molar-refractivity contribution in [3.63, 3.8) is 0 Å². The van der Waals surface area contributed by atoms with Crippen molar-refractivity contribution in [2.75, 3.05) is 13.1 Å². The highest BCUT2D eigenvalue weighted by Crippen LogP contribution is 2.10. The van der Waals surface area contributed by atoms with Crippen molar-refractivity contribution < 1.29 is 14.4 Å². The van der Waals surface area contributed by atoms with Gasteiger partial charge in [-0.3, -0.25) is 14.4 Å². The van der Waals surface area contributed by atoms with E-state index < -0.39 is 0 Å². The summed E-state index contributed by atoms with van der Waals surface area (Å²) in [6, 6.07) is 6.81. The normalized spacial score (nSPS) is 17.8. The molecule has 0 aliphatic carbocycles. The molecule has 1 aliphatic rings. The van der Waals surface area contributed by atoms with Crippen LogP contribution in [0, 0.1) is 0 Å². The summed E-state index contributed by atoms with van der Waals surface area (Å²) < 4.78 is 0.885. The average molecular weight is 354 g/mol. The van der Waals surface area contributed by atoms with Crippen LogP contribution in [-0.2, 0) is 9.59 Å². The van der Waals surface area contributed by atoms with E-state index >= 15 is 0 Å². The molecule has 1 aromatic rings. The summed E-state index contributed by atoms with van der Waals surface area (Å²) in [6.07, 6.45) is 1.04.